The monoisotopic (exact) mass is 577 g/mol. The van der Waals surface area contributed by atoms with Crippen molar-refractivity contribution < 1.29 is 0 Å². The number of H-pyrrole nitrogens is 1. The number of rotatable bonds is 1. The molecule has 1 heterocycles. The lowest BCUT2D eigenvalue weighted by atomic mass is 9.43. The van der Waals surface area contributed by atoms with Crippen LogP contribution >= 0.6 is 0 Å². The number of fused-ring (bicyclic) bond motifs is 12. The first-order valence-electron chi connectivity index (χ1n) is 18.0. The Kier molecular flexibility index (Phi) is 6.55. The van der Waals surface area contributed by atoms with Crippen molar-refractivity contribution in [3.63, 3.8) is 0 Å². The van der Waals surface area contributed by atoms with Crippen molar-refractivity contribution in [2.24, 2.45) is 51.8 Å². The Hall–Kier alpha value is -2.02. The van der Waals surface area contributed by atoms with E-state index in [9.17, 15) is 0 Å². The van der Waals surface area contributed by atoms with Crippen LogP contribution in [0.5, 0.6) is 0 Å². The summed E-state index contributed by atoms with van der Waals surface area (Å²) in [6.07, 6.45) is 15.8. The lowest BCUT2D eigenvalue weighted by Crippen LogP contribution is -2.56. The van der Waals surface area contributed by atoms with Gasteiger partial charge < -0.3 is 4.98 Å². The number of hydrogen-bond acceptors (Lipinski definition) is 0. The molecule has 232 valence electrons. The summed E-state index contributed by atoms with van der Waals surface area (Å²) >= 11 is 0. The number of aromatic nitrogens is 1. The zero-order valence-electron chi connectivity index (χ0n) is 29.1. The first kappa shape index (κ1) is 29.7. The molecule has 2 saturated carbocycles. The molecule has 1 aromatic carbocycles. The van der Waals surface area contributed by atoms with E-state index in [2.05, 4.69) is 91.2 Å². The molecule has 0 aliphatic heterocycles. The molecule has 1 heteroatoms. The fourth-order valence-electron chi connectivity index (χ4n) is 12.3. The van der Waals surface area contributed by atoms with Gasteiger partial charge in [0.05, 0.1) is 0 Å². The number of nitrogens with one attached hydrogen (secondary N) is 1. The molecule has 1 N–H and O–H groups in total. The Morgan fingerprint density at radius 1 is 0.930 bits per heavy atom. The summed E-state index contributed by atoms with van der Waals surface area (Å²) < 4.78 is 0. The minimum absolute atomic E-state index is 0.216. The predicted molar refractivity (Wildman–Crippen MR) is 185 cm³/mol. The van der Waals surface area contributed by atoms with Gasteiger partial charge in [0.15, 0.2) is 0 Å². The van der Waals surface area contributed by atoms with Crippen LogP contribution < -0.4 is 0 Å². The van der Waals surface area contributed by atoms with Crippen molar-refractivity contribution in [3.05, 3.63) is 64.4 Å². The van der Waals surface area contributed by atoms with Crippen molar-refractivity contribution in [1.29, 1.82) is 0 Å². The highest BCUT2D eigenvalue weighted by molar-refractivity contribution is 5.92. The average Bonchev–Trinajstić information content (AvgIpc) is 3.56. The number of allylic oxidation sites excluding steroid dienone is 5. The number of hydrogen-bond donors (Lipinski definition) is 1. The smallest absolute Gasteiger partial charge is 0.0465 e. The van der Waals surface area contributed by atoms with Crippen molar-refractivity contribution in [2.45, 2.75) is 126 Å². The maximum absolute atomic E-state index is 4.61. The van der Waals surface area contributed by atoms with Gasteiger partial charge in [-0.3, -0.25) is 0 Å². The first-order valence-corrected chi connectivity index (χ1v) is 18.0. The summed E-state index contributed by atoms with van der Waals surface area (Å²) in [7, 11) is 0. The van der Waals surface area contributed by atoms with Gasteiger partial charge in [-0.2, -0.15) is 0 Å². The molecule has 6 aliphatic carbocycles. The molecule has 2 fully saturated rings. The van der Waals surface area contributed by atoms with Crippen molar-refractivity contribution in [1.82, 2.24) is 4.98 Å². The summed E-state index contributed by atoms with van der Waals surface area (Å²) in [5.74, 6) is 4.27. The molecule has 0 bridgehead atoms. The molecule has 1 aromatic heterocycles. The van der Waals surface area contributed by atoms with E-state index in [0.29, 0.717) is 34.5 Å². The van der Waals surface area contributed by atoms with E-state index in [1.54, 1.807) is 38.9 Å². The summed E-state index contributed by atoms with van der Waals surface area (Å²) in [5.41, 5.74) is 13.8. The largest absolute Gasteiger partial charge is 0.358 e. The highest BCUT2D eigenvalue weighted by Gasteiger charge is 2.63. The second-order valence-corrected chi connectivity index (χ2v) is 17.7. The zero-order valence-corrected chi connectivity index (χ0v) is 29.1. The van der Waals surface area contributed by atoms with Gasteiger partial charge in [0.1, 0.15) is 0 Å². The second kappa shape index (κ2) is 9.50. The Balaban J connectivity index is 0.00000147. The lowest BCUT2D eigenvalue weighted by Gasteiger charge is -2.61. The fourth-order valence-corrected chi connectivity index (χ4v) is 12.3. The summed E-state index contributed by atoms with van der Waals surface area (Å²) in [6.45, 7) is 28.7. The zero-order chi connectivity index (χ0) is 30.9. The minimum Gasteiger partial charge on any atom is -0.358 e. The molecule has 1 nitrogen and oxygen atoms in total. The normalized spacial score (nSPS) is 38.1. The number of aromatic amines is 1. The van der Waals surface area contributed by atoms with Crippen molar-refractivity contribution >= 4 is 16.5 Å². The Morgan fingerprint density at radius 3 is 2.40 bits per heavy atom. The van der Waals surface area contributed by atoms with Crippen molar-refractivity contribution in [2.75, 3.05) is 0 Å². The van der Waals surface area contributed by atoms with Crippen LogP contribution in [0.1, 0.15) is 130 Å². The van der Waals surface area contributed by atoms with Gasteiger partial charge in [-0.15, -0.1) is 0 Å². The van der Waals surface area contributed by atoms with Crippen LogP contribution in [-0.4, -0.2) is 4.98 Å². The molecule has 43 heavy (non-hydrogen) atoms. The topological polar surface area (TPSA) is 15.8 Å². The van der Waals surface area contributed by atoms with E-state index in [1.807, 2.05) is 13.8 Å². The molecule has 7 atom stereocenters. The van der Waals surface area contributed by atoms with Gasteiger partial charge in [-0.05, 0) is 138 Å². The van der Waals surface area contributed by atoms with Crippen LogP contribution in [0.3, 0.4) is 0 Å². The number of benzene rings is 1. The Morgan fingerprint density at radius 2 is 1.67 bits per heavy atom. The molecule has 0 spiro atoms. The molecular formula is C42H59N. The summed E-state index contributed by atoms with van der Waals surface area (Å²) in [6, 6.07) is 5.21. The van der Waals surface area contributed by atoms with Gasteiger partial charge in [0, 0.05) is 22.0 Å². The standard InChI is InChI=1S/C40H53N.C2H6/c1-22(2)27-15-24-12-13-39(8)33(29(24)14-23(27)3)11-10-26-18-31-30-16-25-17-34-32(20-37(4,5)21-38(34,6)7)28(25)19-35(30)41-36(31)40(26,39)9;1-2/h14,16,19-20,22,24,26-27,33-34,41H,3,10-13,15,17-18,21H2,1-2,4-9H3;1-2H3. The van der Waals surface area contributed by atoms with E-state index in [4.69, 9.17) is 0 Å². The second-order valence-electron chi connectivity index (χ2n) is 17.7. The minimum atomic E-state index is 0.216. The molecule has 8 rings (SSSR count). The highest BCUT2D eigenvalue weighted by atomic mass is 14.8. The molecule has 0 saturated heterocycles. The van der Waals surface area contributed by atoms with Crippen LogP contribution in [0.25, 0.3) is 16.5 Å². The molecule has 7 unspecified atom stereocenters. The van der Waals surface area contributed by atoms with Crippen LogP contribution in [0.2, 0.25) is 0 Å². The van der Waals surface area contributed by atoms with E-state index >= 15 is 0 Å². The van der Waals surface area contributed by atoms with Gasteiger partial charge in [0.2, 0.25) is 0 Å². The molecule has 0 radical (unpaired) electrons. The van der Waals surface area contributed by atoms with E-state index in [1.165, 1.54) is 62.5 Å². The Labute approximate surface area is 263 Å². The lowest BCUT2D eigenvalue weighted by molar-refractivity contribution is -0.0358. The highest BCUT2D eigenvalue weighted by Crippen LogP contribution is 2.69. The van der Waals surface area contributed by atoms with Crippen LogP contribution in [0.4, 0.5) is 0 Å². The summed E-state index contributed by atoms with van der Waals surface area (Å²) in [4.78, 5) is 4.18. The Bertz CT molecular complexity index is 1550. The van der Waals surface area contributed by atoms with E-state index < -0.39 is 0 Å². The maximum atomic E-state index is 4.61. The predicted octanol–water partition coefficient (Wildman–Crippen LogP) is 11.6. The molecule has 2 aromatic rings. The van der Waals surface area contributed by atoms with Gasteiger partial charge in [-0.1, -0.05) is 99.1 Å². The molecule has 0 amide bonds. The summed E-state index contributed by atoms with van der Waals surface area (Å²) in [5, 5.41) is 1.55. The SMILES string of the molecule is C=C1C=C2C(CCC3(C)C2CCC2Cc4c([nH]c5cc6c(cc45)CC4C6=CC(C)(C)CC4(C)C)C23C)CC1C(C)C.CC. The van der Waals surface area contributed by atoms with Gasteiger partial charge in [0.25, 0.3) is 0 Å². The fraction of sp³-hybridized carbons (Fsp3) is 0.667. The van der Waals surface area contributed by atoms with Gasteiger partial charge in [-0.25, -0.2) is 0 Å². The van der Waals surface area contributed by atoms with E-state index in [-0.39, 0.29) is 10.8 Å². The van der Waals surface area contributed by atoms with Crippen LogP contribution in [0, 0.1) is 51.8 Å². The van der Waals surface area contributed by atoms with Crippen LogP contribution in [0.15, 0.2) is 42.0 Å². The quantitative estimate of drug-likeness (QED) is 0.347. The van der Waals surface area contributed by atoms with E-state index in [0.717, 1.165) is 11.8 Å². The maximum Gasteiger partial charge on any atom is 0.0465 e. The first-order chi connectivity index (χ1) is 20.2. The molecule has 6 aliphatic rings. The van der Waals surface area contributed by atoms with Gasteiger partial charge >= 0.3 is 0 Å². The third kappa shape index (κ3) is 3.94. The van der Waals surface area contributed by atoms with Crippen LogP contribution in [-0.2, 0) is 18.3 Å². The molecular weight excluding hydrogens is 518 g/mol. The van der Waals surface area contributed by atoms with Crippen molar-refractivity contribution in [3.8, 4) is 0 Å². The third-order valence-corrected chi connectivity index (χ3v) is 14.2. The third-order valence-electron chi connectivity index (χ3n) is 14.2. The average molecular weight is 578 g/mol.